The predicted molar refractivity (Wildman–Crippen MR) is 30.6 cm³/mol. The van der Waals surface area contributed by atoms with E-state index in [0.29, 0.717) is 6.42 Å². The van der Waals surface area contributed by atoms with Gasteiger partial charge >= 0.3 is 57.4 Å². The molecule has 4 heteroatoms. The Balaban J connectivity index is 0. The molecule has 0 fully saturated rings. The zero-order chi connectivity index (χ0) is 5.70. The van der Waals surface area contributed by atoms with Gasteiger partial charge in [0.05, 0.1) is 0 Å². The molecule has 0 aromatic rings. The van der Waals surface area contributed by atoms with Crippen LogP contribution in [0.5, 0.6) is 0 Å². The Kier molecular flexibility index (Phi) is 11.9. The van der Waals surface area contributed by atoms with E-state index in [4.69, 9.17) is 5.11 Å². The van der Waals surface area contributed by atoms with Crippen LogP contribution in [0.15, 0.2) is 0 Å². The summed E-state index contributed by atoms with van der Waals surface area (Å²) in [5, 5.41) is 7.92. The van der Waals surface area contributed by atoms with E-state index in [0.717, 1.165) is 0 Å². The van der Waals surface area contributed by atoms with Crippen LogP contribution in [0.25, 0.3) is 0 Å². The molecule has 0 atom stereocenters. The van der Waals surface area contributed by atoms with E-state index in [1.165, 1.54) is 0 Å². The van der Waals surface area contributed by atoms with Crippen molar-refractivity contribution >= 4 is 57.4 Å². The fourth-order valence-electron chi connectivity index (χ4n) is 0.174. The minimum atomic E-state index is -0.507. The van der Waals surface area contributed by atoms with E-state index in [1.807, 2.05) is 0 Å². The van der Waals surface area contributed by atoms with Crippen molar-refractivity contribution in [2.24, 2.45) is 0 Å². The summed E-state index contributed by atoms with van der Waals surface area (Å²) >= 11 is 0. The number of carbonyl (C=O) groups excluding carboxylic acids is 1. The van der Waals surface area contributed by atoms with Gasteiger partial charge in [-0.3, -0.25) is 4.79 Å². The Morgan fingerprint density at radius 1 is 1.75 bits per heavy atom. The second-order valence-corrected chi connectivity index (χ2v) is 0.999. The maximum atomic E-state index is 10.0. The van der Waals surface area contributed by atoms with Crippen molar-refractivity contribution in [3.63, 3.8) is 0 Å². The molecule has 8 heavy (non-hydrogen) atoms. The van der Waals surface area contributed by atoms with Crippen molar-refractivity contribution < 1.29 is 14.6 Å². The standard InChI is InChI=1S/C4H8O3.K.H/c1-2-4(6)7-3-5;;/h5H,2-3H2,1H3;;. The predicted octanol–water partition coefficient (Wildman–Crippen LogP) is -0.759. The van der Waals surface area contributed by atoms with Crippen LogP contribution < -0.4 is 0 Å². The van der Waals surface area contributed by atoms with E-state index in [1.54, 1.807) is 6.92 Å². The summed E-state index contributed by atoms with van der Waals surface area (Å²) in [4.78, 5) is 10.0. The molecule has 0 saturated carbocycles. The second kappa shape index (κ2) is 8.07. The minimum absolute atomic E-state index is 0. The molecule has 0 aromatic carbocycles. The van der Waals surface area contributed by atoms with Crippen LogP contribution in [-0.4, -0.2) is 69.3 Å². The van der Waals surface area contributed by atoms with Crippen LogP contribution in [0.4, 0.5) is 0 Å². The van der Waals surface area contributed by atoms with Crippen LogP contribution in [-0.2, 0) is 9.53 Å². The van der Waals surface area contributed by atoms with Gasteiger partial charge in [0.25, 0.3) is 0 Å². The van der Waals surface area contributed by atoms with Gasteiger partial charge in [-0.1, -0.05) is 6.92 Å². The molecule has 0 aliphatic heterocycles. The van der Waals surface area contributed by atoms with Crippen LogP contribution in [0.1, 0.15) is 13.3 Å². The third-order valence-electron chi connectivity index (χ3n) is 0.514. The SMILES string of the molecule is CCC(=O)OCO.[KH]. The summed E-state index contributed by atoms with van der Waals surface area (Å²) in [6.07, 6.45) is 0.320. The Morgan fingerprint density at radius 3 is 2.38 bits per heavy atom. The van der Waals surface area contributed by atoms with Crippen molar-refractivity contribution in [2.45, 2.75) is 13.3 Å². The Morgan fingerprint density at radius 2 is 2.25 bits per heavy atom. The summed E-state index contributed by atoms with van der Waals surface area (Å²) in [5.74, 6) is -0.373. The molecule has 0 radical (unpaired) electrons. The summed E-state index contributed by atoms with van der Waals surface area (Å²) in [7, 11) is 0. The first-order valence-electron chi connectivity index (χ1n) is 2.07. The summed E-state index contributed by atoms with van der Waals surface area (Å²) in [5.41, 5.74) is 0. The average Bonchev–Trinajstić information content (AvgIpc) is 1.68. The van der Waals surface area contributed by atoms with Gasteiger partial charge in [-0.25, -0.2) is 0 Å². The van der Waals surface area contributed by atoms with E-state index < -0.39 is 6.79 Å². The van der Waals surface area contributed by atoms with Gasteiger partial charge in [-0.2, -0.15) is 0 Å². The number of rotatable bonds is 2. The monoisotopic (exact) mass is 144 g/mol. The number of hydrogen-bond donors (Lipinski definition) is 1. The van der Waals surface area contributed by atoms with Gasteiger partial charge in [0.1, 0.15) is 0 Å². The van der Waals surface area contributed by atoms with Gasteiger partial charge in [0.2, 0.25) is 0 Å². The van der Waals surface area contributed by atoms with Crippen molar-refractivity contribution in [1.29, 1.82) is 0 Å². The van der Waals surface area contributed by atoms with E-state index >= 15 is 0 Å². The first-order chi connectivity index (χ1) is 3.31. The number of hydrogen-bond acceptors (Lipinski definition) is 3. The Hall–Kier alpha value is 1.07. The molecule has 0 aliphatic rings. The van der Waals surface area contributed by atoms with Crippen LogP contribution in [0, 0.1) is 0 Å². The van der Waals surface area contributed by atoms with Gasteiger partial charge in [-0.15, -0.1) is 0 Å². The van der Waals surface area contributed by atoms with Crippen molar-refractivity contribution in [1.82, 2.24) is 0 Å². The maximum absolute atomic E-state index is 10.0. The van der Waals surface area contributed by atoms with Crippen molar-refractivity contribution in [2.75, 3.05) is 6.79 Å². The first kappa shape index (κ1) is 11.8. The number of aliphatic hydroxyl groups excluding tert-OH is 1. The molecule has 0 heterocycles. The van der Waals surface area contributed by atoms with Crippen LogP contribution >= 0.6 is 0 Å². The van der Waals surface area contributed by atoms with Gasteiger partial charge in [0, 0.05) is 6.42 Å². The van der Waals surface area contributed by atoms with E-state index in [2.05, 4.69) is 4.74 Å². The van der Waals surface area contributed by atoms with Gasteiger partial charge < -0.3 is 9.84 Å². The number of esters is 1. The van der Waals surface area contributed by atoms with Crippen molar-refractivity contribution in [3.8, 4) is 0 Å². The fourth-order valence-corrected chi connectivity index (χ4v) is 0.174. The summed E-state index contributed by atoms with van der Waals surface area (Å²) < 4.78 is 4.11. The summed E-state index contributed by atoms with van der Waals surface area (Å²) in [6.45, 7) is 1.16. The Bertz CT molecular complexity index is 64.3. The summed E-state index contributed by atoms with van der Waals surface area (Å²) in [6, 6.07) is 0. The fraction of sp³-hybridized carbons (Fsp3) is 0.750. The molecule has 0 aromatic heterocycles. The topological polar surface area (TPSA) is 46.5 Å². The molecule has 3 nitrogen and oxygen atoms in total. The van der Waals surface area contributed by atoms with Gasteiger partial charge in [0.15, 0.2) is 6.79 Å². The molecule has 0 unspecified atom stereocenters. The van der Waals surface area contributed by atoms with E-state index in [-0.39, 0.29) is 57.4 Å². The number of aliphatic hydroxyl groups is 1. The molecule has 0 spiro atoms. The van der Waals surface area contributed by atoms with E-state index in [9.17, 15) is 4.79 Å². The third-order valence-corrected chi connectivity index (χ3v) is 0.514. The third kappa shape index (κ3) is 7.07. The molecule has 0 amide bonds. The molecule has 0 bridgehead atoms. The molecule has 0 rings (SSSR count). The van der Waals surface area contributed by atoms with Crippen molar-refractivity contribution in [3.05, 3.63) is 0 Å². The van der Waals surface area contributed by atoms with Crippen LogP contribution in [0.3, 0.4) is 0 Å². The Labute approximate surface area is 90.8 Å². The molecule has 44 valence electrons. The molecule has 0 aliphatic carbocycles. The zero-order valence-corrected chi connectivity index (χ0v) is 4.18. The zero-order valence-electron chi connectivity index (χ0n) is 4.18. The normalized spacial score (nSPS) is 7.25. The molecular formula is C4H9KO3. The number of ether oxygens (including phenoxy) is 1. The first-order valence-corrected chi connectivity index (χ1v) is 2.07. The number of carbonyl (C=O) groups is 1. The second-order valence-electron chi connectivity index (χ2n) is 0.999. The molecule has 0 saturated heterocycles. The van der Waals surface area contributed by atoms with Crippen LogP contribution in [0.2, 0.25) is 0 Å². The molecular weight excluding hydrogens is 135 g/mol. The average molecular weight is 144 g/mol. The van der Waals surface area contributed by atoms with Gasteiger partial charge in [-0.05, 0) is 0 Å². The molecule has 1 N–H and O–H groups in total. The quantitative estimate of drug-likeness (QED) is 0.315.